The molecule has 1 amide bonds. The van der Waals surface area contributed by atoms with Crippen molar-refractivity contribution >= 4 is 23.6 Å². The molecule has 1 atom stereocenters. The second kappa shape index (κ2) is 5.48. The van der Waals surface area contributed by atoms with Crippen LogP contribution < -0.4 is 0 Å². The van der Waals surface area contributed by atoms with E-state index < -0.39 is 5.97 Å². The van der Waals surface area contributed by atoms with Crippen LogP contribution in [0.2, 0.25) is 0 Å². The Kier molecular flexibility index (Phi) is 3.96. The van der Waals surface area contributed by atoms with Crippen LogP contribution in [0.25, 0.3) is 0 Å². The van der Waals surface area contributed by atoms with E-state index >= 15 is 0 Å². The number of carboxylic acid groups (broad SMARTS) is 1. The number of aryl methyl sites for hydroxylation is 1. The average molecular weight is 269 g/mol. The molecule has 0 saturated carbocycles. The Hall–Kier alpha value is -1.43. The van der Waals surface area contributed by atoms with Crippen LogP contribution in [0, 0.1) is 6.92 Å². The number of carbonyl (C=O) groups excluding carboxylic acids is 1. The Morgan fingerprint density at radius 3 is 3.00 bits per heavy atom. The summed E-state index contributed by atoms with van der Waals surface area (Å²) in [4.78, 5) is 24.7. The van der Waals surface area contributed by atoms with Crippen LogP contribution in [0.15, 0.2) is 16.7 Å². The standard InChI is InChI=1S/C12H15NO4S/c1-8-4-9(6-17-8)12(16)13-2-3-18-7-10(13)5-11(14)15/h4,6,10H,2-3,5,7H2,1H3,(H,14,15). The molecule has 0 bridgehead atoms. The minimum absolute atomic E-state index is 0.00439. The maximum absolute atomic E-state index is 12.3. The van der Waals surface area contributed by atoms with Crippen molar-refractivity contribution in [1.29, 1.82) is 0 Å². The molecule has 18 heavy (non-hydrogen) atoms. The zero-order chi connectivity index (χ0) is 13.1. The lowest BCUT2D eigenvalue weighted by Gasteiger charge is -2.34. The maximum Gasteiger partial charge on any atom is 0.305 e. The quantitative estimate of drug-likeness (QED) is 0.903. The molecule has 2 rings (SSSR count). The van der Waals surface area contributed by atoms with Crippen LogP contribution in [-0.4, -0.2) is 46.0 Å². The van der Waals surface area contributed by atoms with Crippen LogP contribution in [0.1, 0.15) is 22.5 Å². The number of hydrogen-bond donors (Lipinski definition) is 1. The fourth-order valence-electron chi connectivity index (χ4n) is 2.01. The van der Waals surface area contributed by atoms with Gasteiger partial charge in [0.25, 0.3) is 5.91 Å². The summed E-state index contributed by atoms with van der Waals surface area (Å²) >= 11 is 1.69. The topological polar surface area (TPSA) is 70.8 Å². The van der Waals surface area contributed by atoms with Crippen molar-refractivity contribution in [2.45, 2.75) is 19.4 Å². The van der Waals surface area contributed by atoms with Crippen molar-refractivity contribution in [3.8, 4) is 0 Å². The highest BCUT2D eigenvalue weighted by Crippen LogP contribution is 2.22. The van der Waals surface area contributed by atoms with Crippen LogP contribution >= 0.6 is 11.8 Å². The Morgan fingerprint density at radius 2 is 2.39 bits per heavy atom. The van der Waals surface area contributed by atoms with E-state index in [2.05, 4.69) is 0 Å². The predicted octanol–water partition coefficient (Wildman–Crippen LogP) is 1.62. The molecule has 1 saturated heterocycles. The molecular weight excluding hydrogens is 254 g/mol. The van der Waals surface area contributed by atoms with Crippen LogP contribution in [0.4, 0.5) is 0 Å². The van der Waals surface area contributed by atoms with Crippen molar-refractivity contribution in [2.75, 3.05) is 18.1 Å². The van der Waals surface area contributed by atoms with E-state index in [0.29, 0.717) is 23.6 Å². The van der Waals surface area contributed by atoms with Crippen molar-refractivity contribution in [2.24, 2.45) is 0 Å². The Balaban J connectivity index is 2.13. The summed E-state index contributed by atoms with van der Waals surface area (Å²) in [6, 6.07) is 1.45. The van der Waals surface area contributed by atoms with Gasteiger partial charge in [0.05, 0.1) is 18.0 Å². The van der Waals surface area contributed by atoms with Crippen molar-refractivity contribution in [1.82, 2.24) is 4.90 Å². The zero-order valence-corrected chi connectivity index (χ0v) is 10.9. The summed E-state index contributed by atoms with van der Waals surface area (Å²) in [6.07, 6.45) is 1.42. The molecule has 5 nitrogen and oxygen atoms in total. The SMILES string of the molecule is Cc1cc(C(=O)N2CCSCC2CC(=O)O)co1. The van der Waals surface area contributed by atoms with Gasteiger partial charge in [-0.2, -0.15) is 11.8 Å². The first kappa shape index (κ1) is 13.0. The monoisotopic (exact) mass is 269 g/mol. The van der Waals surface area contributed by atoms with E-state index in [9.17, 15) is 9.59 Å². The molecular formula is C12H15NO4S. The van der Waals surface area contributed by atoms with Crippen molar-refractivity contribution < 1.29 is 19.1 Å². The third kappa shape index (κ3) is 2.87. The second-order valence-corrected chi connectivity index (χ2v) is 5.42. The molecule has 1 aliphatic rings. The zero-order valence-electron chi connectivity index (χ0n) is 10.1. The number of hydrogen-bond acceptors (Lipinski definition) is 4. The van der Waals surface area contributed by atoms with Gasteiger partial charge in [-0.25, -0.2) is 0 Å². The van der Waals surface area contributed by atoms with Gasteiger partial charge in [-0.15, -0.1) is 0 Å². The number of nitrogens with zero attached hydrogens (tertiary/aromatic N) is 1. The van der Waals surface area contributed by atoms with Crippen LogP contribution in [0.3, 0.4) is 0 Å². The van der Waals surface area contributed by atoms with Gasteiger partial charge in [0.15, 0.2) is 0 Å². The highest BCUT2D eigenvalue weighted by molar-refractivity contribution is 7.99. The third-order valence-electron chi connectivity index (χ3n) is 2.88. The molecule has 98 valence electrons. The molecule has 1 aromatic heterocycles. The lowest BCUT2D eigenvalue weighted by molar-refractivity contribution is -0.138. The van der Waals surface area contributed by atoms with Crippen molar-refractivity contribution in [3.05, 3.63) is 23.7 Å². The molecule has 1 unspecified atom stereocenters. The first-order chi connectivity index (χ1) is 8.58. The van der Waals surface area contributed by atoms with E-state index in [4.69, 9.17) is 9.52 Å². The fourth-order valence-corrected chi connectivity index (χ4v) is 3.08. The van der Waals surface area contributed by atoms with Crippen LogP contribution in [-0.2, 0) is 4.79 Å². The Morgan fingerprint density at radius 1 is 1.61 bits per heavy atom. The highest BCUT2D eigenvalue weighted by atomic mass is 32.2. The molecule has 0 aliphatic carbocycles. The Labute approximate surface area is 109 Å². The number of furan rings is 1. The molecule has 2 heterocycles. The Bertz CT molecular complexity index is 457. The minimum atomic E-state index is -0.872. The van der Waals surface area contributed by atoms with Gasteiger partial charge >= 0.3 is 5.97 Å². The van der Waals surface area contributed by atoms with E-state index in [1.54, 1.807) is 29.7 Å². The average Bonchev–Trinajstić information content (AvgIpc) is 2.75. The maximum atomic E-state index is 12.3. The number of carbonyl (C=O) groups is 2. The van der Waals surface area contributed by atoms with Gasteiger partial charge < -0.3 is 14.4 Å². The van der Waals surface area contributed by atoms with E-state index in [0.717, 1.165) is 5.75 Å². The van der Waals surface area contributed by atoms with E-state index in [1.807, 2.05) is 0 Å². The van der Waals surface area contributed by atoms with Gasteiger partial charge in [-0.3, -0.25) is 9.59 Å². The minimum Gasteiger partial charge on any atom is -0.481 e. The highest BCUT2D eigenvalue weighted by Gasteiger charge is 2.30. The predicted molar refractivity (Wildman–Crippen MR) is 67.8 cm³/mol. The molecule has 0 aromatic carbocycles. The molecule has 1 fully saturated rings. The molecule has 1 aromatic rings. The van der Waals surface area contributed by atoms with Gasteiger partial charge in [0.1, 0.15) is 12.0 Å². The third-order valence-corrected chi connectivity index (χ3v) is 3.97. The molecule has 1 aliphatic heterocycles. The summed E-state index contributed by atoms with van der Waals surface area (Å²) in [6.45, 7) is 2.36. The second-order valence-electron chi connectivity index (χ2n) is 4.27. The van der Waals surface area contributed by atoms with Crippen molar-refractivity contribution in [3.63, 3.8) is 0 Å². The number of amides is 1. The summed E-state index contributed by atoms with van der Waals surface area (Å²) < 4.78 is 5.12. The number of carboxylic acids is 1. The fraction of sp³-hybridized carbons (Fsp3) is 0.500. The first-order valence-electron chi connectivity index (χ1n) is 5.73. The number of rotatable bonds is 3. The summed E-state index contributed by atoms with van der Waals surface area (Å²) in [5.41, 5.74) is 0.495. The molecule has 6 heteroatoms. The molecule has 0 spiro atoms. The first-order valence-corrected chi connectivity index (χ1v) is 6.89. The summed E-state index contributed by atoms with van der Waals surface area (Å²) in [5, 5.41) is 8.87. The van der Waals surface area contributed by atoms with Crippen LogP contribution in [0.5, 0.6) is 0 Å². The largest absolute Gasteiger partial charge is 0.481 e. The van der Waals surface area contributed by atoms with Gasteiger partial charge in [-0.1, -0.05) is 0 Å². The summed E-state index contributed by atoms with van der Waals surface area (Å²) in [7, 11) is 0. The normalized spacial score (nSPS) is 19.8. The summed E-state index contributed by atoms with van der Waals surface area (Å²) in [5.74, 6) is 1.19. The lowest BCUT2D eigenvalue weighted by atomic mass is 10.1. The number of thioether (sulfide) groups is 1. The van der Waals surface area contributed by atoms with Gasteiger partial charge in [0, 0.05) is 18.1 Å². The van der Waals surface area contributed by atoms with Gasteiger partial charge in [0.2, 0.25) is 0 Å². The number of aliphatic carboxylic acids is 1. The molecule has 0 radical (unpaired) electrons. The molecule has 1 N–H and O–H groups in total. The lowest BCUT2D eigenvalue weighted by Crippen LogP contribution is -2.47. The smallest absolute Gasteiger partial charge is 0.305 e. The van der Waals surface area contributed by atoms with Gasteiger partial charge in [-0.05, 0) is 13.0 Å². The van der Waals surface area contributed by atoms with E-state index in [-0.39, 0.29) is 18.4 Å². The van der Waals surface area contributed by atoms with E-state index in [1.165, 1.54) is 6.26 Å².